The molecule has 3 aliphatic rings. The first kappa shape index (κ1) is 17.8. The molecule has 28 heavy (non-hydrogen) atoms. The van der Waals surface area contributed by atoms with E-state index in [1.165, 1.54) is 6.42 Å². The lowest BCUT2D eigenvalue weighted by atomic mass is 9.74. The molecule has 0 spiro atoms. The minimum absolute atomic E-state index is 0.318. The van der Waals surface area contributed by atoms with Crippen molar-refractivity contribution in [2.75, 3.05) is 21.3 Å². The van der Waals surface area contributed by atoms with Crippen molar-refractivity contribution in [3.8, 4) is 5.75 Å². The third-order valence-electron chi connectivity index (χ3n) is 7.28. The van der Waals surface area contributed by atoms with Crippen molar-refractivity contribution >= 4 is 0 Å². The third kappa shape index (κ3) is 1.80. The molecule has 146 valence electrons. The lowest BCUT2D eigenvalue weighted by molar-refractivity contribution is -0.263. The number of rotatable bonds is 5. The van der Waals surface area contributed by atoms with Crippen molar-refractivity contribution in [3.63, 3.8) is 0 Å². The van der Waals surface area contributed by atoms with Crippen molar-refractivity contribution in [1.82, 2.24) is 0 Å². The van der Waals surface area contributed by atoms with Gasteiger partial charge in [-0.05, 0) is 36.1 Å². The first-order chi connectivity index (χ1) is 13.7. The summed E-state index contributed by atoms with van der Waals surface area (Å²) in [5, 5.41) is 9.96. The Kier molecular flexibility index (Phi) is 3.90. The second-order valence-corrected chi connectivity index (χ2v) is 8.00. The van der Waals surface area contributed by atoms with Crippen LogP contribution in [0.2, 0.25) is 0 Å². The van der Waals surface area contributed by atoms with Crippen LogP contribution < -0.4 is 4.74 Å². The Hall–Kier alpha value is -2.24. The Bertz CT molecular complexity index is 894. The highest BCUT2D eigenvalue weighted by atomic mass is 16.7. The number of methoxy groups -OCH3 is 3. The molecule has 0 unspecified atom stereocenters. The number of ether oxygens (including phenoxy) is 3. The predicted molar refractivity (Wildman–Crippen MR) is 105 cm³/mol. The van der Waals surface area contributed by atoms with Crippen LogP contribution in [0.15, 0.2) is 64.8 Å². The molecule has 5 rings (SSSR count). The number of nitrogens with zero attached hydrogens (tertiary/aromatic N) is 2. The van der Waals surface area contributed by atoms with Gasteiger partial charge in [0.05, 0.1) is 7.11 Å². The predicted octanol–water partition coefficient (Wildman–Crippen LogP) is 4.67. The first-order valence-corrected chi connectivity index (χ1v) is 9.94. The van der Waals surface area contributed by atoms with Crippen LogP contribution in [0.5, 0.6) is 5.75 Å². The quantitative estimate of drug-likeness (QED) is 0.711. The van der Waals surface area contributed by atoms with E-state index < -0.39 is 16.9 Å². The lowest BCUT2D eigenvalue weighted by Crippen LogP contribution is -2.58. The van der Waals surface area contributed by atoms with Crippen LogP contribution in [0.3, 0.4) is 0 Å². The molecular weight excluding hydrogens is 352 g/mol. The van der Waals surface area contributed by atoms with Crippen molar-refractivity contribution in [2.45, 2.75) is 36.1 Å². The normalized spacial score (nSPS) is 34.5. The molecule has 2 saturated carbocycles. The fourth-order valence-electron chi connectivity index (χ4n) is 6.34. The molecule has 2 bridgehead atoms. The van der Waals surface area contributed by atoms with Gasteiger partial charge in [0.15, 0.2) is 11.1 Å². The molecule has 5 nitrogen and oxygen atoms in total. The van der Waals surface area contributed by atoms with Gasteiger partial charge in [0.25, 0.3) is 0 Å². The summed E-state index contributed by atoms with van der Waals surface area (Å²) < 4.78 is 18.0. The van der Waals surface area contributed by atoms with Crippen LogP contribution >= 0.6 is 0 Å². The number of fused-ring (bicyclic) bond motifs is 5. The van der Waals surface area contributed by atoms with Gasteiger partial charge < -0.3 is 14.2 Å². The molecular formula is C23H26N2O3. The van der Waals surface area contributed by atoms with Crippen LogP contribution in [-0.2, 0) is 20.6 Å². The fraction of sp³-hybridized carbons (Fsp3) is 0.478. The summed E-state index contributed by atoms with van der Waals surface area (Å²) in [5.41, 5.74) is 0.888. The molecule has 2 aliphatic carbocycles. The molecule has 0 radical (unpaired) electrons. The highest BCUT2D eigenvalue weighted by Gasteiger charge is 2.84. The average Bonchev–Trinajstić information content (AvgIpc) is 3.42. The van der Waals surface area contributed by atoms with Crippen molar-refractivity contribution in [2.24, 2.45) is 22.1 Å². The van der Waals surface area contributed by atoms with Gasteiger partial charge in [-0.15, -0.1) is 0 Å². The van der Waals surface area contributed by atoms with Gasteiger partial charge in [0.1, 0.15) is 5.75 Å². The van der Waals surface area contributed by atoms with E-state index in [0.29, 0.717) is 11.8 Å². The van der Waals surface area contributed by atoms with Crippen molar-refractivity contribution in [1.29, 1.82) is 0 Å². The molecule has 0 N–H and O–H groups in total. The first-order valence-electron chi connectivity index (χ1n) is 9.94. The maximum atomic E-state index is 6.30. The molecule has 2 aromatic carbocycles. The molecule has 0 amide bonds. The van der Waals surface area contributed by atoms with Crippen LogP contribution in [0, 0.1) is 11.8 Å². The fourth-order valence-corrected chi connectivity index (χ4v) is 6.34. The SMILES string of the molecule is COc1ccc([C@@]23N=N[C@@](c4ccccc4)([C@H]4CCC[C@H]42)C3(OC)OC)cc1. The van der Waals surface area contributed by atoms with Gasteiger partial charge in [0.2, 0.25) is 5.79 Å². The molecule has 2 aromatic rings. The maximum Gasteiger partial charge on any atom is 0.232 e. The van der Waals surface area contributed by atoms with Crippen molar-refractivity contribution in [3.05, 3.63) is 65.7 Å². The van der Waals surface area contributed by atoms with Gasteiger partial charge in [-0.25, -0.2) is 0 Å². The lowest BCUT2D eigenvalue weighted by Gasteiger charge is -2.44. The molecule has 0 saturated heterocycles. The standard InChI is InChI=1S/C23H26N2O3/c1-26-18-14-12-17(13-15-18)22-20-11-7-10-19(20)21(24-25-22,23(22,27-2)28-3)16-8-5-4-6-9-16/h4-6,8-9,12-15,19-20H,7,10-11H2,1-3H3/t19-,20+,21-,22+/m0/s1. The van der Waals surface area contributed by atoms with E-state index in [9.17, 15) is 0 Å². The van der Waals surface area contributed by atoms with Crippen LogP contribution in [0.1, 0.15) is 30.4 Å². The summed E-state index contributed by atoms with van der Waals surface area (Å²) in [5.74, 6) is 0.491. The van der Waals surface area contributed by atoms with Crippen LogP contribution in [0.25, 0.3) is 0 Å². The Morgan fingerprint density at radius 3 is 1.79 bits per heavy atom. The Balaban J connectivity index is 1.79. The third-order valence-corrected chi connectivity index (χ3v) is 7.28. The summed E-state index contributed by atoms with van der Waals surface area (Å²) in [7, 11) is 5.15. The van der Waals surface area contributed by atoms with E-state index in [1.54, 1.807) is 21.3 Å². The van der Waals surface area contributed by atoms with E-state index in [-0.39, 0.29) is 0 Å². The second kappa shape index (κ2) is 6.13. The summed E-state index contributed by atoms with van der Waals surface area (Å²) in [6.45, 7) is 0. The van der Waals surface area contributed by atoms with E-state index in [2.05, 4.69) is 36.4 Å². The molecule has 1 heterocycles. The monoisotopic (exact) mass is 378 g/mol. The van der Waals surface area contributed by atoms with E-state index >= 15 is 0 Å². The average molecular weight is 378 g/mol. The molecule has 0 aromatic heterocycles. The number of benzene rings is 2. The Morgan fingerprint density at radius 2 is 1.29 bits per heavy atom. The number of hydrogen-bond acceptors (Lipinski definition) is 5. The zero-order valence-corrected chi connectivity index (χ0v) is 16.6. The zero-order valence-electron chi connectivity index (χ0n) is 16.6. The topological polar surface area (TPSA) is 52.4 Å². The van der Waals surface area contributed by atoms with E-state index in [1.807, 2.05) is 18.2 Å². The van der Waals surface area contributed by atoms with Gasteiger partial charge in [-0.3, -0.25) is 0 Å². The minimum Gasteiger partial charge on any atom is -0.497 e. The smallest absolute Gasteiger partial charge is 0.232 e. The summed E-state index contributed by atoms with van der Waals surface area (Å²) in [4.78, 5) is 0. The minimum atomic E-state index is -0.980. The maximum absolute atomic E-state index is 6.30. The highest BCUT2D eigenvalue weighted by Crippen LogP contribution is 2.75. The summed E-state index contributed by atoms with van der Waals surface area (Å²) in [6.07, 6.45) is 3.38. The number of hydrogen-bond donors (Lipinski definition) is 0. The van der Waals surface area contributed by atoms with Gasteiger partial charge in [0, 0.05) is 26.1 Å². The van der Waals surface area contributed by atoms with Gasteiger partial charge >= 0.3 is 0 Å². The second-order valence-electron chi connectivity index (χ2n) is 8.00. The van der Waals surface area contributed by atoms with Crippen molar-refractivity contribution < 1.29 is 14.2 Å². The summed E-state index contributed by atoms with van der Waals surface area (Å²) >= 11 is 0. The number of azo groups is 1. The van der Waals surface area contributed by atoms with E-state index in [4.69, 9.17) is 24.4 Å². The largest absolute Gasteiger partial charge is 0.497 e. The molecule has 5 heteroatoms. The van der Waals surface area contributed by atoms with E-state index in [0.717, 1.165) is 29.7 Å². The van der Waals surface area contributed by atoms with Crippen LogP contribution in [-0.4, -0.2) is 27.1 Å². The zero-order chi connectivity index (χ0) is 19.4. The Morgan fingerprint density at radius 1 is 0.750 bits per heavy atom. The van der Waals surface area contributed by atoms with Gasteiger partial charge in [-0.1, -0.05) is 48.9 Å². The molecule has 1 aliphatic heterocycles. The highest BCUT2D eigenvalue weighted by molar-refractivity contribution is 5.47. The Labute approximate surface area is 165 Å². The molecule has 2 fully saturated rings. The van der Waals surface area contributed by atoms with Crippen LogP contribution in [0.4, 0.5) is 0 Å². The summed E-state index contributed by atoms with van der Waals surface area (Å²) in [6, 6.07) is 18.6. The van der Waals surface area contributed by atoms with Gasteiger partial charge in [-0.2, -0.15) is 10.2 Å². The molecule has 4 atom stereocenters.